The summed E-state index contributed by atoms with van der Waals surface area (Å²) in [4.78, 5) is 6.10. The third-order valence-electron chi connectivity index (χ3n) is 0.927. The summed E-state index contributed by atoms with van der Waals surface area (Å²) in [6.45, 7) is 3.00. The zero-order valence-corrected chi connectivity index (χ0v) is 6.10. The Bertz CT molecular complexity index is 84.5. The Morgan fingerprint density at radius 3 is 2.12 bits per heavy atom. The number of aliphatic imine (C=N–C) groups is 1. The first-order chi connectivity index (χ1) is 3.66. The molecule has 0 aliphatic carbocycles. The van der Waals surface area contributed by atoms with Gasteiger partial charge in [0.2, 0.25) is 0 Å². The second-order valence-electron chi connectivity index (χ2n) is 2.20. The van der Waals surface area contributed by atoms with Crippen molar-refractivity contribution in [1.29, 1.82) is 0 Å². The average molecular weight is 114 g/mol. The molecule has 0 saturated carbocycles. The monoisotopic (exact) mass is 114 g/mol. The summed E-state index contributed by atoms with van der Waals surface area (Å²) in [7, 11) is 5.89. The average Bonchev–Trinajstić information content (AvgIpc) is 1.65. The Morgan fingerprint density at radius 1 is 1.50 bits per heavy atom. The van der Waals surface area contributed by atoms with E-state index in [-0.39, 0.29) is 0 Å². The highest BCUT2D eigenvalue weighted by atomic mass is 15.1. The van der Waals surface area contributed by atoms with Gasteiger partial charge in [0.05, 0.1) is 0 Å². The van der Waals surface area contributed by atoms with Crippen molar-refractivity contribution in [3.63, 3.8) is 0 Å². The number of hydrogen-bond acceptors (Lipinski definition) is 2. The zero-order chi connectivity index (χ0) is 6.57. The van der Waals surface area contributed by atoms with Gasteiger partial charge in [0, 0.05) is 19.3 Å². The van der Waals surface area contributed by atoms with E-state index in [1.807, 2.05) is 28.1 Å². The van der Waals surface area contributed by atoms with Crippen molar-refractivity contribution >= 4 is 5.71 Å². The molecular formula is C6H14N2. The Labute approximate surface area is 51.2 Å². The van der Waals surface area contributed by atoms with Gasteiger partial charge < -0.3 is 4.90 Å². The lowest BCUT2D eigenvalue weighted by Crippen LogP contribution is -2.19. The van der Waals surface area contributed by atoms with Crippen molar-refractivity contribution in [2.45, 2.75) is 6.92 Å². The first-order valence-corrected chi connectivity index (χ1v) is 2.74. The molecule has 2 nitrogen and oxygen atoms in total. The molecule has 48 valence electrons. The van der Waals surface area contributed by atoms with Gasteiger partial charge in [0.15, 0.2) is 0 Å². The van der Waals surface area contributed by atoms with Crippen molar-refractivity contribution in [3.8, 4) is 0 Å². The summed E-state index contributed by atoms with van der Waals surface area (Å²) in [6, 6.07) is 0. The molecule has 0 atom stereocenters. The fourth-order valence-electron chi connectivity index (χ4n) is 0.528. The van der Waals surface area contributed by atoms with E-state index in [0.29, 0.717) is 0 Å². The highest BCUT2D eigenvalue weighted by Crippen LogP contribution is 1.77. The molecule has 0 aromatic rings. The molecule has 0 aliphatic heterocycles. The minimum absolute atomic E-state index is 0.969. The first-order valence-electron chi connectivity index (χ1n) is 2.74. The van der Waals surface area contributed by atoms with E-state index in [1.54, 1.807) is 0 Å². The van der Waals surface area contributed by atoms with Crippen molar-refractivity contribution in [1.82, 2.24) is 4.90 Å². The summed E-state index contributed by atoms with van der Waals surface area (Å²) in [5, 5.41) is 0. The van der Waals surface area contributed by atoms with Gasteiger partial charge in [-0.2, -0.15) is 0 Å². The predicted molar refractivity (Wildman–Crippen MR) is 37.6 cm³/mol. The SMILES string of the molecule is CN=C(C)CN(C)C. The minimum Gasteiger partial charge on any atom is -0.304 e. The summed E-state index contributed by atoms with van der Waals surface area (Å²) in [6.07, 6.45) is 0. The minimum atomic E-state index is 0.969. The van der Waals surface area contributed by atoms with E-state index in [2.05, 4.69) is 9.89 Å². The normalized spacial score (nSPS) is 12.9. The fraction of sp³-hybridized carbons (Fsp3) is 0.833. The van der Waals surface area contributed by atoms with Crippen LogP contribution in [-0.2, 0) is 0 Å². The number of nitrogens with zero attached hydrogens (tertiary/aromatic N) is 2. The van der Waals surface area contributed by atoms with Crippen LogP contribution >= 0.6 is 0 Å². The van der Waals surface area contributed by atoms with Gasteiger partial charge in [-0.15, -0.1) is 0 Å². The Morgan fingerprint density at radius 2 is 2.00 bits per heavy atom. The van der Waals surface area contributed by atoms with Crippen LogP contribution in [-0.4, -0.2) is 38.3 Å². The van der Waals surface area contributed by atoms with Gasteiger partial charge in [-0.25, -0.2) is 0 Å². The highest BCUT2D eigenvalue weighted by molar-refractivity contribution is 5.83. The van der Waals surface area contributed by atoms with Gasteiger partial charge in [-0.1, -0.05) is 0 Å². The molecule has 0 radical (unpaired) electrons. The van der Waals surface area contributed by atoms with Crippen molar-refractivity contribution in [2.75, 3.05) is 27.7 Å². The van der Waals surface area contributed by atoms with E-state index in [4.69, 9.17) is 0 Å². The van der Waals surface area contributed by atoms with Crippen molar-refractivity contribution in [2.24, 2.45) is 4.99 Å². The maximum absolute atomic E-state index is 4.00. The lowest BCUT2D eigenvalue weighted by Gasteiger charge is -2.06. The lowest BCUT2D eigenvalue weighted by atomic mass is 10.4. The van der Waals surface area contributed by atoms with Gasteiger partial charge in [-0.05, 0) is 21.0 Å². The molecule has 0 bridgehead atoms. The van der Waals surface area contributed by atoms with E-state index in [9.17, 15) is 0 Å². The largest absolute Gasteiger partial charge is 0.304 e. The van der Waals surface area contributed by atoms with Crippen molar-refractivity contribution in [3.05, 3.63) is 0 Å². The Balaban J connectivity index is 3.39. The molecule has 0 heterocycles. The summed E-state index contributed by atoms with van der Waals surface area (Å²) < 4.78 is 0. The molecule has 0 aliphatic rings. The van der Waals surface area contributed by atoms with Crippen LogP contribution in [0.3, 0.4) is 0 Å². The predicted octanol–water partition coefficient (Wildman–Crippen LogP) is 0.639. The Hall–Kier alpha value is -0.370. The van der Waals surface area contributed by atoms with Crippen LogP contribution in [0.5, 0.6) is 0 Å². The molecule has 0 spiro atoms. The molecule has 0 amide bonds. The zero-order valence-electron chi connectivity index (χ0n) is 6.10. The molecule has 0 fully saturated rings. The molecule has 8 heavy (non-hydrogen) atoms. The van der Waals surface area contributed by atoms with E-state index < -0.39 is 0 Å². The first kappa shape index (κ1) is 7.63. The van der Waals surface area contributed by atoms with Gasteiger partial charge in [0.25, 0.3) is 0 Å². The van der Waals surface area contributed by atoms with Crippen LogP contribution in [0.1, 0.15) is 6.92 Å². The number of rotatable bonds is 2. The second kappa shape index (κ2) is 3.61. The highest BCUT2D eigenvalue weighted by Gasteiger charge is 1.89. The van der Waals surface area contributed by atoms with Gasteiger partial charge in [-0.3, -0.25) is 4.99 Å². The van der Waals surface area contributed by atoms with Crippen molar-refractivity contribution < 1.29 is 0 Å². The summed E-state index contributed by atoms with van der Waals surface area (Å²) in [5.41, 5.74) is 1.18. The molecule has 0 saturated heterocycles. The van der Waals surface area contributed by atoms with E-state index in [1.165, 1.54) is 5.71 Å². The molecule has 0 rings (SSSR count). The molecule has 0 unspecified atom stereocenters. The Kier molecular flexibility index (Phi) is 3.44. The molecule has 2 heteroatoms. The van der Waals surface area contributed by atoms with E-state index in [0.717, 1.165) is 6.54 Å². The van der Waals surface area contributed by atoms with Gasteiger partial charge >= 0.3 is 0 Å². The maximum atomic E-state index is 4.00. The third kappa shape index (κ3) is 3.81. The lowest BCUT2D eigenvalue weighted by molar-refractivity contribution is 0.469. The van der Waals surface area contributed by atoms with Crippen LogP contribution in [0.4, 0.5) is 0 Å². The van der Waals surface area contributed by atoms with Crippen LogP contribution in [0, 0.1) is 0 Å². The van der Waals surface area contributed by atoms with E-state index >= 15 is 0 Å². The topological polar surface area (TPSA) is 15.6 Å². The quantitative estimate of drug-likeness (QED) is 0.481. The van der Waals surface area contributed by atoms with Crippen LogP contribution in [0.15, 0.2) is 4.99 Å². The van der Waals surface area contributed by atoms with Gasteiger partial charge in [0.1, 0.15) is 0 Å². The smallest absolute Gasteiger partial charge is 0.0354 e. The van der Waals surface area contributed by atoms with Crippen LogP contribution in [0.2, 0.25) is 0 Å². The molecule has 0 aromatic carbocycles. The molecule has 0 N–H and O–H groups in total. The fourth-order valence-corrected chi connectivity index (χ4v) is 0.528. The standard InChI is InChI=1S/C6H14N2/c1-6(7-2)5-8(3)4/h5H2,1-4H3. The third-order valence-corrected chi connectivity index (χ3v) is 0.927. The molecular weight excluding hydrogens is 100 g/mol. The number of hydrogen-bond donors (Lipinski definition) is 0. The summed E-state index contributed by atoms with van der Waals surface area (Å²) in [5.74, 6) is 0. The molecule has 0 aromatic heterocycles. The maximum Gasteiger partial charge on any atom is 0.0354 e. The summed E-state index contributed by atoms with van der Waals surface area (Å²) >= 11 is 0. The van der Waals surface area contributed by atoms with Crippen LogP contribution < -0.4 is 0 Å². The van der Waals surface area contributed by atoms with Crippen LogP contribution in [0.25, 0.3) is 0 Å². The second-order valence-corrected chi connectivity index (χ2v) is 2.20.